The minimum absolute atomic E-state index is 0.161. The topological polar surface area (TPSA) is 66.2 Å². The number of likely N-dealkylation sites (tertiary alicyclic amines) is 1. The first-order valence-electron chi connectivity index (χ1n) is 8.66. The van der Waals surface area contributed by atoms with Gasteiger partial charge < -0.3 is 9.64 Å². The molecule has 2 aromatic rings. The van der Waals surface area contributed by atoms with E-state index in [0.717, 1.165) is 23.4 Å². The van der Waals surface area contributed by atoms with Crippen molar-refractivity contribution in [3.05, 3.63) is 59.8 Å². The number of piperidine rings is 1. The molecule has 2 atom stereocenters. The van der Waals surface area contributed by atoms with Crippen LogP contribution in [0.15, 0.2) is 53.7 Å². The summed E-state index contributed by atoms with van der Waals surface area (Å²) in [4.78, 5) is 18.6. The minimum atomic E-state index is -0.273. The van der Waals surface area contributed by atoms with Gasteiger partial charge >= 0.3 is 6.09 Å². The van der Waals surface area contributed by atoms with E-state index in [1.807, 2.05) is 30.3 Å². The van der Waals surface area contributed by atoms with Crippen LogP contribution in [0, 0.1) is 11.3 Å². The summed E-state index contributed by atoms with van der Waals surface area (Å²) < 4.78 is 5.49. The van der Waals surface area contributed by atoms with Crippen LogP contribution in [-0.4, -0.2) is 33.8 Å². The molecule has 5 nitrogen and oxygen atoms in total. The number of thioether (sulfide) groups is 1. The Bertz CT molecular complexity index is 791. The first-order chi connectivity index (χ1) is 12.7. The second kappa shape index (κ2) is 8.72. The van der Waals surface area contributed by atoms with Crippen molar-refractivity contribution in [2.75, 3.05) is 6.54 Å². The average molecular weight is 367 g/mol. The van der Waals surface area contributed by atoms with Crippen molar-refractivity contribution in [1.29, 1.82) is 5.26 Å². The van der Waals surface area contributed by atoms with Crippen LogP contribution in [-0.2, 0) is 11.3 Å². The third-order valence-electron chi connectivity index (χ3n) is 4.43. The average Bonchev–Trinajstić information content (AvgIpc) is 2.68. The van der Waals surface area contributed by atoms with Crippen LogP contribution >= 0.6 is 11.8 Å². The van der Waals surface area contributed by atoms with E-state index in [2.05, 4.69) is 18.0 Å². The van der Waals surface area contributed by atoms with Gasteiger partial charge in [-0.15, -0.1) is 11.8 Å². The van der Waals surface area contributed by atoms with Gasteiger partial charge in [0.25, 0.3) is 0 Å². The van der Waals surface area contributed by atoms with Crippen molar-refractivity contribution >= 4 is 17.9 Å². The van der Waals surface area contributed by atoms with E-state index in [9.17, 15) is 4.79 Å². The highest BCUT2D eigenvalue weighted by atomic mass is 32.2. The first-order valence-corrected chi connectivity index (χ1v) is 9.54. The van der Waals surface area contributed by atoms with Crippen LogP contribution in [0.25, 0.3) is 0 Å². The van der Waals surface area contributed by atoms with E-state index < -0.39 is 0 Å². The van der Waals surface area contributed by atoms with E-state index >= 15 is 0 Å². The van der Waals surface area contributed by atoms with Crippen molar-refractivity contribution in [1.82, 2.24) is 9.88 Å². The highest BCUT2D eigenvalue weighted by molar-refractivity contribution is 7.99. The number of pyridine rings is 1. The Hall–Kier alpha value is -2.52. The molecule has 0 spiro atoms. The summed E-state index contributed by atoms with van der Waals surface area (Å²) in [6.07, 6.45) is 3.31. The van der Waals surface area contributed by atoms with Gasteiger partial charge in [-0.1, -0.05) is 30.3 Å². The molecular formula is C20H21N3O2S. The maximum Gasteiger partial charge on any atom is 0.410 e. The molecule has 1 aliphatic heterocycles. The van der Waals surface area contributed by atoms with Crippen molar-refractivity contribution in [2.24, 2.45) is 0 Å². The lowest BCUT2D eigenvalue weighted by Gasteiger charge is -2.36. The molecule has 2 unspecified atom stereocenters. The molecule has 1 saturated heterocycles. The summed E-state index contributed by atoms with van der Waals surface area (Å²) in [7, 11) is 0. The fourth-order valence-corrected chi connectivity index (χ4v) is 4.09. The molecule has 1 fully saturated rings. The number of hydrogen-bond donors (Lipinski definition) is 0. The van der Waals surface area contributed by atoms with Crippen molar-refractivity contribution in [3.63, 3.8) is 0 Å². The zero-order valence-electron chi connectivity index (χ0n) is 14.7. The number of carbonyl (C=O) groups excluding carboxylic acids is 1. The number of nitriles is 1. The van der Waals surface area contributed by atoms with Crippen molar-refractivity contribution in [3.8, 4) is 6.07 Å². The smallest absolute Gasteiger partial charge is 0.410 e. The van der Waals surface area contributed by atoms with Gasteiger partial charge in [0.2, 0.25) is 0 Å². The molecule has 26 heavy (non-hydrogen) atoms. The highest BCUT2D eigenvalue weighted by Crippen LogP contribution is 2.31. The quantitative estimate of drug-likeness (QED) is 0.809. The summed E-state index contributed by atoms with van der Waals surface area (Å²) in [5, 5.41) is 10.1. The predicted molar refractivity (Wildman–Crippen MR) is 101 cm³/mol. The van der Waals surface area contributed by atoms with Gasteiger partial charge in [0, 0.05) is 24.0 Å². The number of rotatable bonds is 4. The van der Waals surface area contributed by atoms with Gasteiger partial charge in [0.1, 0.15) is 6.61 Å². The number of amides is 1. The largest absolute Gasteiger partial charge is 0.445 e. The molecule has 1 aromatic carbocycles. The van der Waals surface area contributed by atoms with E-state index in [1.54, 1.807) is 35.0 Å². The zero-order chi connectivity index (χ0) is 18.4. The van der Waals surface area contributed by atoms with Crippen molar-refractivity contribution < 1.29 is 9.53 Å². The zero-order valence-corrected chi connectivity index (χ0v) is 15.5. The van der Waals surface area contributed by atoms with Crippen LogP contribution in [0.2, 0.25) is 0 Å². The Morgan fingerprint density at radius 3 is 2.92 bits per heavy atom. The highest BCUT2D eigenvalue weighted by Gasteiger charge is 2.30. The molecule has 1 amide bonds. The lowest BCUT2D eigenvalue weighted by atomic mass is 10.0. The van der Waals surface area contributed by atoms with Gasteiger partial charge in [-0.3, -0.25) is 0 Å². The molecular weight excluding hydrogens is 346 g/mol. The van der Waals surface area contributed by atoms with E-state index in [0.29, 0.717) is 12.1 Å². The fourth-order valence-electron chi connectivity index (χ4n) is 2.94. The molecule has 3 rings (SSSR count). The molecule has 2 heterocycles. The number of aromatic nitrogens is 1. The van der Waals surface area contributed by atoms with E-state index in [-0.39, 0.29) is 24.0 Å². The lowest BCUT2D eigenvalue weighted by molar-refractivity contribution is 0.0734. The Balaban J connectivity index is 1.58. The van der Waals surface area contributed by atoms with Crippen LogP contribution < -0.4 is 0 Å². The second-order valence-corrected chi connectivity index (χ2v) is 7.67. The maximum absolute atomic E-state index is 12.5. The Kier molecular flexibility index (Phi) is 6.13. The summed E-state index contributed by atoms with van der Waals surface area (Å²) >= 11 is 1.62. The molecule has 0 bridgehead atoms. The molecule has 1 aromatic heterocycles. The summed E-state index contributed by atoms with van der Waals surface area (Å²) in [6, 6.07) is 15.5. The SMILES string of the molecule is CC1CCC(Sc2cc(C#N)ccn2)CN1C(=O)OCc1ccccc1. The van der Waals surface area contributed by atoms with Crippen LogP contribution in [0.1, 0.15) is 30.9 Å². The van der Waals surface area contributed by atoms with Crippen molar-refractivity contribution in [2.45, 2.75) is 42.7 Å². The summed E-state index contributed by atoms with van der Waals surface area (Å²) in [5.74, 6) is 0. The predicted octanol–water partition coefficient (Wildman–Crippen LogP) is 4.24. The number of hydrogen-bond acceptors (Lipinski definition) is 5. The standard InChI is InChI=1S/C20H21N3O2S/c1-15-7-8-18(26-19-11-17(12-21)9-10-22-19)13-23(15)20(24)25-14-16-5-3-2-4-6-16/h2-6,9-11,15,18H,7-8,13-14H2,1H3. The Morgan fingerprint density at radius 1 is 1.35 bits per heavy atom. The Morgan fingerprint density at radius 2 is 2.15 bits per heavy atom. The molecule has 0 N–H and O–H groups in total. The van der Waals surface area contributed by atoms with Crippen LogP contribution in [0.3, 0.4) is 0 Å². The van der Waals surface area contributed by atoms with Gasteiger partial charge in [-0.25, -0.2) is 9.78 Å². The number of benzene rings is 1. The number of nitrogens with zero attached hydrogens (tertiary/aromatic N) is 3. The molecule has 0 radical (unpaired) electrons. The molecule has 134 valence electrons. The molecule has 1 aliphatic rings. The monoisotopic (exact) mass is 367 g/mol. The van der Waals surface area contributed by atoms with Crippen LogP contribution in [0.5, 0.6) is 0 Å². The third-order valence-corrected chi connectivity index (χ3v) is 5.61. The van der Waals surface area contributed by atoms with Gasteiger partial charge in [-0.2, -0.15) is 5.26 Å². The molecule has 0 saturated carbocycles. The van der Waals surface area contributed by atoms with E-state index in [1.165, 1.54) is 0 Å². The first kappa shape index (κ1) is 18.3. The lowest BCUT2D eigenvalue weighted by Crippen LogP contribution is -2.46. The summed E-state index contributed by atoms with van der Waals surface area (Å²) in [5.41, 5.74) is 1.58. The van der Waals surface area contributed by atoms with Crippen LogP contribution in [0.4, 0.5) is 4.79 Å². The number of carbonyl (C=O) groups is 1. The normalized spacial score (nSPS) is 19.6. The van der Waals surface area contributed by atoms with Gasteiger partial charge in [0.15, 0.2) is 0 Å². The van der Waals surface area contributed by atoms with Gasteiger partial charge in [0.05, 0.1) is 16.7 Å². The summed E-state index contributed by atoms with van der Waals surface area (Å²) in [6.45, 7) is 2.96. The maximum atomic E-state index is 12.5. The Labute approximate surface area is 158 Å². The minimum Gasteiger partial charge on any atom is -0.445 e. The van der Waals surface area contributed by atoms with Gasteiger partial charge in [-0.05, 0) is 37.5 Å². The van der Waals surface area contributed by atoms with E-state index in [4.69, 9.17) is 10.00 Å². The fraction of sp³-hybridized carbons (Fsp3) is 0.350. The number of ether oxygens (including phenoxy) is 1. The second-order valence-electron chi connectivity index (χ2n) is 6.35. The third kappa shape index (κ3) is 4.77. The molecule has 0 aliphatic carbocycles. The molecule has 6 heteroatoms.